The molecule has 0 radical (unpaired) electrons. The van der Waals surface area contributed by atoms with Crippen LogP contribution in [-0.2, 0) is 11.2 Å². The Labute approximate surface area is 173 Å². The number of hydrogen-bond donors (Lipinski definition) is 3. The highest BCUT2D eigenvalue weighted by molar-refractivity contribution is 6.06. The number of anilines is 1. The lowest BCUT2D eigenvalue weighted by Gasteiger charge is -2.40. The fraction of sp³-hybridized carbons (Fsp3) is 0.364. The Morgan fingerprint density at radius 1 is 1.20 bits per heavy atom. The number of rotatable bonds is 5. The van der Waals surface area contributed by atoms with Crippen molar-refractivity contribution >= 4 is 28.5 Å². The molecule has 1 unspecified atom stereocenters. The zero-order chi connectivity index (χ0) is 20.7. The molecule has 0 spiro atoms. The Hall–Kier alpha value is -3.42. The van der Waals surface area contributed by atoms with Crippen LogP contribution < -0.4 is 11.1 Å². The molecule has 5 rings (SSSR count). The molecule has 3 atom stereocenters. The maximum atomic E-state index is 13.0. The number of nitrogens with two attached hydrogens (primary N) is 1. The first-order valence-electron chi connectivity index (χ1n) is 10.3. The molecule has 154 valence electrons. The van der Waals surface area contributed by atoms with Gasteiger partial charge < -0.3 is 20.9 Å². The number of hydrogen-bond acceptors (Lipinski definition) is 5. The average Bonchev–Trinajstić information content (AvgIpc) is 3.31. The number of carbonyl (C=O) groups is 2. The van der Waals surface area contributed by atoms with Crippen molar-refractivity contribution in [3.63, 3.8) is 0 Å². The highest BCUT2D eigenvalue weighted by Crippen LogP contribution is 2.38. The van der Waals surface area contributed by atoms with E-state index in [1.54, 1.807) is 18.6 Å². The molecule has 2 aliphatic rings. The van der Waals surface area contributed by atoms with E-state index in [9.17, 15) is 9.59 Å². The van der Waals surface area contributed by atoms with Gasteiger partial charge in [-0.3, -0.25) is 14.6 Å². The highest BCUT2D eigenvalue weighted by atomic mass is 16.2. The van der Waals surface area contributed by atoms with E-state index in [1.165, 1.54) is 6.20 Å². The lowest BCUT2D eigenvalue weighted by atomic mass is 9.95. The van der Waals surface area contributed by atoms with Crippen LogP contribution in [0.3, 0.4) is 0 Å². The smallest absolute Gasteiger partial charge is 0.252 e. The van der Waals surface area contributed by atoms with Crippen LogP contribution in [0.2, 0.25) is 0 Å². The van der Waals surface area contributed by atoms with Crippen molar-refractivity contribution in [2.75, 3.05) is 5.32 Å². The van der Waals surface area contributed by atoms with Crippen molar-refractivity contribution in [2.24, 2.45) is 5.73 Å². The lowest BCUT2D eigenvalue weighted by Crippen LogP contribution is -2.50. The van der Waals surface area contributed by atoms with Gasteiger partial charge in [-0.25, -0.2) is 4.98 Å². The van der Waals surface area contributed by atoms with E-state index >= 15 is 0 Å². The molecule has 3 aromatic rings. The summed E-state index contributed by atoms with van der Waals surface area (Å²) in [6.07, 6.45) is 10.9. The molecule has 30 heavy (non-hydrogen) atoms. The number of amides is 2. The third-order valence-corrected chi connectivity index (χ3v) is 6.30. The Kier molecular flexibility index (Phi) is 4.61. The van der Waals surface area contributed by atoms with Crippen molar-refractivity contribution in [3.05, 3.63) is 54.1 Å². The normalized spacial score (nSPS) is 22.9. The lowest BCUT2D eigenvalue weighted by molar-refractivity contribution is -0.134. The van der Waals surface area contributed by atoms with Gasteiger partial charge in [-0.2, -0.15) is 0 Å². The van der Waals surface area contributed by atoms with Crippen molar-refractivity contribution in [3.8, 4) is 0 Å². The van der Waals surface area contributed by atoms with Gasteiger partial charge in [0.05, 0.1) is 17.7 Å². The summed E-state index contributed by atoms with van der Waals surface area (Å²) in [7, 11) is 0. The highest BCUT2D eigenvalue weighted by Gasteiger charge is 2.43. The summed E-state index contributed by atoms with van der Waals surface area (Å²) in [5.74, 6) is -0.330. The van der Waals surface area contributed by atoms with Crippen LogP contribution >= 0.6 is 0 Å². The van der Waals surface area contributed by atoms with Gasteiger partial charge in [0.25, 0.3) is 5.91 Å². The van der Waals surface area contributed by atoms with Gasteiger partial charge in [-0.05, 0) is 43.4 Å². The zero-order valence-electron chi connectivity index (χ0n) is 16.5. The van der Waals surface area contributed by atoms with E-state index in [0.717, 1.165) is 48.0 Å². The average molecular weight is 404 g/mol. The Balaban J connectivity index is 1.34. The van der Waals surface area contributed by atoms with Gasteiger partial charge in [0.2, 0.25) is 5.91 Å². The molecule has 2 bridgehead atoms. The molecule has 8 nitrogen and oxygen atoms in total. The molecular formula is C22H24N6O2. The Morgan fingerprint density at radius 3 is 2.70 bits per heavy atom. The molecule has 8 heteroatoms. The molecule has 0 saturated carbocycles. The molecular weight excluding hydrogens is 380 g/mol. The minimum Gasteiger partial charge on any atom is -0.381 e. The van der Waals surface area contributed by atoms with E-state index in [1.807, 2.05) is 18.2 Å². The third-order valence-electron chi connectivity index (χ3n) is 6.30. The largest absolute Gasteiger partial charge is 0.381 e. The summed E-state index contributed by atoms with van der Waals surface area (Å²) in [5.41, 5.74) is 8.38. The second kappa shape index (κ2) is 7.44. The first-order valence-corrected chi connectivity index (χ1v) is 10.3. The first-order chi connectivity index (χ1) is 14.6. The van der Waals surface area contributed by atoms with Gasteiger partial charge in [-0.1, -0.05) is 6.07 Å². The van der Waals surface area contributed by atoms with Crippen molar-refractivity contribution in [2.45, 2.75) is 50.2 Å². The molecule has 2 aliphatic heterocycles. The van der Waals surface area contributed by atoms with Crippen LogP contribution in [0.5, 0.6) is 0 Å². The third kappa shape index (κ3) is 3.28. The number of primary amides is 1. The molecule has 0 aromatic carbocycles. The number of fused-ring (bicyclic) bond motifs is 3. The molecule has 5 heterocycles. The van der Waals surface area contributed by atoms with Crippen LogP contribution in [0, 0.1) is 0 Å². The van der Waals surface area contributed by atoms with E-state index in [4.69, 9.17) is 5.73 Å². The number of H-pyrrole nitrogens is 1. The second-order valence-corrected chi connectivity index (χ2v) is 8.19. The number of nitrogens with one attached hydrogen (secondary N) is 2. The summed E-state index contributed by atoms with van der Waals surface area (Å²) in [6, 6.07) is 6.30. The van der Waals surface area contributed by atoms with Crippen LogP contribution in [0.1, 0.15) is 41.6 Å². The first kappa shape index (κ1) is 18.6. The predicted octanol–water partition coefficient (Wildman–Crippen LogP) is 2.23. The van der Waals surface area contributed by atoms with E-state index < -0.39 is 5.91 Å². The van der Waals surface area contributed by atoms with Gasteiger partial charge in [0.1, 0.15) is 5.65 Å². The number of carbonyl (C=O) groups excluding carboxylic acids is 2. The van der Waals surface area contributed by atoms with Crippen molar-refractivity contribution in [1.29, 1.82) is 0 Å². The second-order valence-electron chi connectivity index (χ2n) is 8.19. The molecule has 0 aliphatic carbocycles. The SMILES string of the molecule is NC(=O)c1cnc2[nH]ccc2c1NC1C[C@H]2CC[C@@H](C1)N2C(=O)Cc1cccnc1. The summed E-state index contributed by atoms with van der Waals surface area (Å²) in [5, 5.41) is 4.42. The van der Waals surface area contributed by atoms with E-state index in [0.29, 0.717) is 12.0 Å². The molecule has 2 saturated heterocycles. The van der Waals surface area contributed by atoms with Gasteiger partial charge in [-0.15, -0.1) is 0 Å². The fourth-order valence-corrected chi connectivity index (χ4v) is 5.03. The number of aromatic amines is 1. The van der Waals surface area contributed by atoms with Gasteiger partial charge in [0.15, 0.2) is 0 Å². The summed E-state index contributed by atoms with van der Waals surface area (Å²) >= 11 is 0. The van der Waals surface area contributed by atoms with E-state index in [2.05, 4.69) is 25.2 Å². The fourth-order valence-electron chi connectivity index (χ4n) is 5.03. The summed E-state index contributed by atoms with van der Waals surface area (Å²) in [4.78, 5) is 38.5. The van der Waals surface area contributed by atoms with Crippen LogP contribution in [-0.4, -0.2) is 49.8 Å². The molecule has 4 N–H and O–H groups in total. The predicted molar refractivity (Wildman–Crippen MR) is 113 cm³/mol. The molecule has 2 amide bonds. The quantitative estimate of drug-likeness (QED) is 0.603. The summed E-state index contributed by atoms with van der Waals surface area (Å²) < 4.78 is 0. The van der Waals surface area contributed by atoms with Crippen LogP contribution in [0.4, 0.5) is 5.69 Å². The number of aromatic nitrogens is 3. The Bertz CT molecular complexity index is 1080. The molecule has 3 aromatic heterocycles. The standard InChI is InChI=1S/C22H24N6O2/c23-21(30)18-12-26-22-17(5-7-25-22)20(18)27-14-9-15-3-4-16(10-14)28(15)19(29)8-13-2-1-6-24-11-13/h1-2,5-7,11-12,14-16H,3-4,8-10H2,(H2,23,30)(H2,25,26,27)/t14?,15-,16+. The number of nitrogens with zero attached hydrogens (tertiary/aromatic N) is 3. The number of pyridine rings is 2. The van der Waals surface area contributed by atoms with Crippen molar-refractivity contribution in [1.82, 2.24) is 19.9 Å². The topological polar surface area (TPSA) is 117 Å². The maximum absolute atomic E-state index is 13.0. The van der Waals surface area contributed by atoms with Crippen molar-refractivity contribution < 1.29 is 9.59 Å². The van der Waals surface area contributed by atoms with Crippen LogP contribution in [0.25, 0.3) is 11.0 Å². The zero-order valence-corrected chi connectivity index (χ0v) is 16.5. The summed E-state index contributed by atoms with van der Waals surface area (Å²) in [6.45, 7) is 0. The number of piperidine rings is 1. The minimum atomic E-state index is -0.500. The van der Waals surface area contributed by atoms with Gasteiger partial charge >= 0.3 is 0 Å². The van der Waals surface area contributed by atoms with Crippen LogP contribution in [0.15, 0.2) is 43.0 Å². The Morgan fingerprint density at radius 2 is 2.00 bits per heavy atom. The molecule has 2 fully saturated rings. The van der Waals surface area contributed by atoms with Gasteiger partial charge in [0, 0.05) is 48.3 Å². The van der Waals surface area contributed by atoms with E-state index in [-0.39, 0.29) is 24.0 Å². The monoisotopic (exact) mass is 404 g/mol. The minimum absolute atomic E-state index is 0.170. The maximum Gasteiger partial charge on any atom is 0.252 e.